The summed E-state index contributed by atoms with van der Waals surface area (Å²) in [5.74, 6) is -0.826. The summed E-state index contributed by atoms with van der Waals surface area (Å²) in [5.41, 5.74) is 3.64. The summed E-state index contributed by atoms with van der Waals surface area (Å²) in [7, 11) is -4.18. The van der Waals surface area contributed by atoms with Crippen molar-refractivity contribution in [3.05, 3.63) is 130 Å². The van der Waals surface area contributed by atoms with Gasteiger partial charge in [0.2, 0.25) is 11.8 Å². The van der Waals surface area contributed by atoms with Crippen LogP contribution < -0.4 is 9.62 Å². The first kappa shape index (κ1) is 34.7. The van der Waals surface area contributed by atoms with E-state index >= 15 is 0 Å². The van der Waals surface area contributed by atoms with Crippen LogP contribution in [0.2, 0.25) is 5.02 Å². The minimum Gasteiger partial charge on any atom is -0.354 e. The minimum atomic E-state index is -4.18. The average molecular weight is 660 g/mol. The van der Waals surface area contributed by atoms with Crippen LogP contribution in [0.4, 0.5) is 5.69 Å². The van der Waals surface area contributed by atoms with E-state index in [0.29, 0.717) is 29.2 Å². The molecule has 7 nitrogen and oxygen atoms in total. The monoisotopic (exact) mass is 659 g/mol. The topological polar surface area (TPSA) is 86.8 Å². The van der Waals surface area contributed by atoms with Crippen molar-refractivity contribution in [2.75, 3.05) is 17.4 Å². The third-order valence-corrected chi connectivity index (χ3v) is 10.1. The van der Waals surface area contributed by atoms with E-state index in [1.807, 2.05) is 75.4 Å². The van der Waals surface area contributed by atoms with E-state index in [-0.39, 0.29) is 23.8 Å². The molecule has 0 radical (unpaired) electrons. The molecule has 4 rings (SSSR count). The third kappa shape index (κ3) is 8.77. The minimum absolute atomic E-state index is 0.0189. The van der Waals surface area contributed by atoms with Crippen LogP contribution in [0.1, 0.15) is 48.9 Å². The summed E-state index contributed by atoms with van der Waals surface area (Å²) in [6.45, 7) is 5.84. The van der Waals surface area contributed by atoms with Crippen LogP contribution in [0.25, 0.3) is 0 Å². The Bertz CT molecular complexity index is 1710. The molecule has 0 unspecified atom stereocenters. The number of unbranched alkanes of at least 4 members (excludes halogenated alkanes) is 1. The first-order valence-electron chi connectivity index (χ1n) is 15.7. The van der Waals surface area contributed by atoms with E-state index in [4.69, 9.17) is 11.6 Å². The van der Waals surface area contributed by atoms with Gasteiger partial charge in [0.15, 0.2) is 0 Å². The van der Waals surface area contributed by atoms with Crippen molar-refractivity contribution in [1.29, 1.82) is 0 Å². The van der Waals surface area contributed by atoms with Crippen molar-refractivity contribution in [1.82, 2.24) is 10.2 Å². The van der Waals surface area contributed by atoms with Crippen LogP contribution in [0.5, 0.6) is 0 Å². The Morgan fingerprint density at radius 3 is 2.11 bits per heavy atom. The van der Waals surface area contributed by atoms with Gasteiger partial charge in [-0.25, -0.2) is 8.42 Å². The Morgan fingerprint density at radius 1 is 0.826 bits per heavy atom. The van der Waals surface area contributed by atoms with E-state index in [9.17, 15) is 18.0 Å². The standard InChI is InChI=1S/C37H42ClN3O4S/c1-4-6-24-39-37(43)35(25-29-14-8-7-9-15-29)40(26-31-17-10-12-18-33(31)38)36(42)27-41(34-19-13-11-16-30(34)5-2)46(44,45)32-22-20-28(3)21-23-32/h7-23,35H,4-6,24-27H2,1-3H3,(H,39,43)/t35-/m0/s1. The second-order valence-corrected chi connectivity index (χ2v) is 13.5. The van der Waals surface area contributed by atoms with Gasteiger partial charge in [-0.3, -0.25) is 13.9 Å². The number of anilines is 1. The van der Waals surface area contributed by atoms with Crippen molar-refractivity contribution >= 4 is 39.1 Å². The lowest BCUT2D eigenvalue weighted by Crippen LogP contribution is -2.53. The van der Waals surface area contributed by atoms with Crippen LogP contribution in [-0.4, -0.2) is 44.3 Å². The molecule has 0 aliphatic rings. The number of rotatable bonds is 15. The summed E-state index contributed by atoms with van der Waals surface area (Å²) in [5, 5.41) is 3.46. The van der Waals surface area contributed by atoms with Crippen molar-refractivity contribution < 1.29 is 18.0 Å². The molecule has 1 N–H and O–H groups in total. The zero-order valence-corrected chi connectivity index (χ0v) is 28.2. The second-order valence-electron chi connectivity index (χ2n) is 11.3. The SMILES string of the molecule is CCCCNC(=O)[C@H](Cc1ccccc1)N(Cc1ccccc1Cl)C(=O)CN(c1ccccc1CC)S(=O)(=O)c1ccc(C)cc1. The predicted octanol–water partition coefficient (Wildman–Crippen LogP) is 6.96. The number of halogens is 1. The van der Waals surface area contributed by atoms with Crippen LogP contribution in [0.3, 0.4) is 0 Å². The normalized spacial score (nSPS) is 11.9. The summed E-state index contributed by atoms with van der Waals surface area (Å²) >= 11 is 6.58. The first-order valence-corrected chi connectivity index (χ1v) is 17.5. The lowest BCUT2D eigenvalue weighted by atomic mass is 10.0. The molecular formula is C37H42ClN3O4S. The Hall–Kier alpha value is -4.14. The maximum Gasteiger partial charge on any atom is 0.264 e. The van der Waals surface area contributed by atoms with Gasteiger partial charge in [0.25, 0.3) is 10.0 Å². The lowest BCUT2D eigenvalue weighted by molar-refractivity contribution is -0.140. The van der Waals surface area contributed by atoms with Crippen LogP contribution in [0.15, 0.2) is 108 Å². The van der Waals surface area contributed by atoms with Gasteiger partial charge in [-0.05, 0) is 60.7 Å². The molecule has 0 heterocycles. The number of nitrogens with one attached hydrogen (secondary N) is 1. The average Bonchev–Trinajstić information content (AvgIpc) is 3.06. The molecule has 9 heteroatoms. The number of benzene rings is 4. The van der Waals surface area contributed by atoms with Crippen LogP contribution >= 0.6 is 11.6 Å². The van der Waals surface area contributed by atoms with Crippen molar-refractivity contribution in [3.63, 3.8) is 0 Å². The Labute approximate surface area is 278 Å². The Morgan fingerprint density at radius 2 is 1.46 bits per heavy atom. The maximum atomic E-state index is 14.6. The Balaban J connectivity index is 1.82. The molecule has 4 aromatic rings. The van der Waals surface area contributed by atoms with E-state index < -0.39 is 28.5 Å². The number of carbonyl (C=O) groups is 2. The lowest BCUT2D eigenvalue weighted by Gasteiger charge is -2.34. The first-order chi connectivity index (χ1) is 22.1. The highest BCUT2D eigenvalue weighted by atomic mass is 35.5. The summed E-state index contributed by atoms with van der Waals surface area (Å²) in [4.78, 5) is 30.1. The zero-order chi connectivity index (χ0) is 33.1. The molecule has 0 spiro atoms. The van der Waals surface area contributed by atoms with Crippen LogP contribution in [0, 0.1) is 6.92 Å². The molecule has 0 aromatic heterocycles. The molecule has 0 saturated heterocycles. The highest BCUT2D eigenvalue weighted by Crippen LogP contribution is 2.29. The summed E-state index contributed by atoms with van der Waals surface area (Å²) in [6, 6.07) is 29.5. The Kier molecular flexibility index (Phi) is 12.4. The fourth-order valence-corrected chi connectivity index (χ4v) is 6.92. The number of amides is 2. The van der Waals surface area contributed by atoms with Crippen LogP contribution in [-0.2, 0) is 39.0 Å². The summed E-state index contributed by atoms with van der Waals surface area (Å²) in [6.07, 6.45) is 2.49. The molecule has 242 valence electrons. The third-order valence-electron chi connectivity index (χ3n) is 7.93. The highest BCUT2D eigenvalue weighted by Gasteiger charge is 2.35. The van der Waals surface area contributed by atoms with E-state index in [2.05, 4.69) is 5.32 Å². The van der Waals surface area contributed by atoms with E-state index in [1.54, 1.807) is 48.5 Å². The van der Waals surface area contributed by atoms with Gasteiger partial charge in [0.1, 0.15) is 12.6 Å². The quantitative estimate of drug-likeness (QED) is 0.140. The molecule has 0 bridgehead atoms. The number of para-hydroxylation sites is 1. The second kappa shape index (κ2) is 16.4. The molecule has 1 atom stereocenters. The zero-order valence-electron chi connectivity index (χ0n) is 26.7. The molecule has 4 aromatic carbocycles. The summed E-state index contributed by atoms with van der Waals surface area (Å²) < 4.78 is 29.8. The van der Waals surface area contributed by atoms with Crippen molar-refractivity contribution in [2.45, 2.75) is 63.9 Å². The molecule has 0 aliphatic heterocycles. The fraction of sp³-hybridized carbons (Fsp3) is 0.297. The van der Waals surface area contributed by atoms with Gasteiger partial charge >= 0.3 is 0 Å². The molecule has 46 heavy (non-hydrogen) atoms. The maximum absolute atomic E-state index is 14.6. The van der Waals surface area contributed by atoms with Gasteiger partial charge in [-0.2, -0.15) is 0 Å². The van der Waals surface area contributed by atoms with Crippen molar-refractivity contribution in [2.24, 2.45) is 0 Å². The van der Waals surface area contributed by atoms with Gasteiger partial charge in [0.05, 0.1) is 10.6 Å². The molecule has 2 amide bonds. The fourth-order valence-electron chi connectivity index (χ4n) is 5.27. The predicted molar refractivity (Wildman–Crippen MR) is 185 cm³/mol. The van der Waals surface area contributed by atoms with E-state index in [1.165, 1.54) is 9.21 Å². The van der Waals surface area contributed by atoms with E-state index in [0.717, 1.165) is 29.5 Å². The van der Waals surface area contributed by atoms with Gasteiger partial charge in [-0.15, -0.1) is 0 Å². The molecule has 0 aliphatic carbocycles. The number of nitrogens with zero attached hydrogens (tertiary/aromatic N) is 2. The van der Waals surface area contributed by atoms with Gasteiger partial charge in [-0.1, -0.05) is 116 Å². The van der Waals surface area contributed by atoms with Gasteiger partial charge < -0.3 is 10.2 Å². The number of hydrogen-bond donors (Lipinski definition) is 1. The van der Waals surface area contributed by atoms with Crippen molar-refractivity contribution in [3.8, 4) is 0 Å². The highest BCUT2D eigenvalue weighted by molar-refractivity contribution is 7.92. The molecule has 0 saturated carbocycles. The largest absolute Gasteiger partial charge is 0.354 e. The number of carbonyl (C=O) groups excluding carboxylic acids is 2. The van der Waals surface area contributed by atoms with Gasteiger partial charge in [0, 0.05) is 24.5 Å². The number of sulfonamides is 1. The molecular weight excluding hydrogens is 618 g/mol. The number of hydrogen-bond acceptors (Lipinski definition) is 4. The molecule has 0 fully saturated rings. The smallest absolute Gasteiger partial charge is 0.264 e. The number of aryl methyl sites for hydroxylation is 2.